The maximum atomic E-state index is 5.76. The summed E-state index contributed by atoms with van der Waals surface area (Å²) in [6.07, 6.45) is 2.95. The Labute approximate surface area is 166 Å². The predicted molar refractivity (Wildman–Crippen MR) is 108 cm³/mol. The number of hydrogen-bond acceptors (Lipinski definition) is 7. The predicted octanol–water partition coefficient (Wildman–Crippen LogP) is 4.17. The summed E-state index contributed by atoms with van der Waals surface area (Å²) in [4.78, 5) is 14.2. The molecule has 0 saturated heterocycles. The summed E-state index contributed by atoms with van der Waals surface area (Å²) in [5.41, 5.74) is 3.85. The average molecular weight is 389 g/mol. The highest BCUT2D eigenvalue weighted by molar-refractivity contribution is 7.80. The summed E-state index contributed by atoms with van der Waals surface area (Å²) in [5, 5.41) is 0. The molecule has 1 aromatic carbocycles. The van der Waals surface area contributed by atoms with Crippen LogP contribution in [0.1, 0.15) is 11.3 Å². The topological polar surface area (TPSA) is 70.3 Å². The van der Waals surface area contributed by atoms with Gasteiger partial charge in [0, 0.05) is 29.6 Å². The van der Waals surface area contributed by atoms with Crippen molar-refractivity contribution in [3.8, 4) is 23.1 Å². The van der Waals surface area contributed by atoms with E-state index in [0.717, 1.165) is 27.6 Å². The summed E-state index contributed by atoms with van der Waals surface area (Å²) in [7, 11) is 0. The van der Waals surface area contributed by atoms with Gasteiger partial charge in [0.05, 0.1) is 0 Å². The van der Waals surface area contributed by atoms with Gasteiger partial charge in [-0.05, 0) is 42.0 Å². The van der Waals surface area contributed by atoms with Gasteiger partial charge in [0.15, 0.2) is 22.7 Å². The Morgan fingerprint density at radius 2 is 1.89 bits per heavy atom. The Kier molecular flexibility index (Phi) is 4.21. The van der Waals surface area contributed by atoms with Crippen molar-refractivity contribution in [2.75, 3.05) is 6.79 Å². The maximum absolute atomic E-state index is 5.76. The Morgan fingerprint density at radius 3 is 2.82 bits per heavy atom. The third-order valence-corrected chi connectivity index (χ3v) is 4.70. The summed E-state index contributed by atoms with van der Waals surface area (Å²) in [6, 6.07) is 15.3. The molecule has 5 rings (SSSR count). The van der Waals surface area contributed by atoms with E-state index < -0.39 is 0 Å². The van der Waals surface area contributed by atoms with Gasteiger partial charge in [-0.15, -0.1) is 0 Å². The second-order valence-corrected chi connectivity index (χ2v) is 7.02. The van der Waals surface area contributed by atoms with Gasteiger partial charge >= 0.3 is 0 Å². The van der Waals surface area contributed by atoms with Gasteiger partial charge in [0.25, 0.3) is 0 Å². The summed E-state index contributed by atoms with van der Waals surface area (Å²) >= 11 is 5.60. The number of thiocarbonyl (C=S) groups is 1. The first-order valence-electron chi connectivity index (χ1n) is 8.83. The van der Waals surface area contributed by atoms with Crippen molar-refractivity contribution in [1.82, 2.24) is 15.0 Å². The zero-order valence-corrected chi connectivity index (χ0v) is 15.6. The van der Waals surface area contributed by atoms with Gasteiger partial charge in [-0.2, -0.15) is 4.98 Å². The van der Waals surface area contributed by atoms with Crippen molar-refractivity contribution in [3.63, 3.8) is 0 Å². The molecule has 0 atom stereocenters. The van der Waals surface area contributed by atoms with Crippen LogP contribution in [0.4, 0.5) is 0 Å². The first kappa shape index (κ1) is 16.8. The first-order valence-corrected chi connectivity index (χ1v) is 9.23. The van der Waals surface area contributed by atoms with E-state index in [0.29, 0.717) is 35.7 Å². The van der Waals surface area contributed by atoms with Gasteiger partial charge in [-0.1, -0.05) is 24.4 Å². The van der Waals surface area contributed by atoms with Crippen LogP contribution < -0.4 is 9.47 Å². The molecule has 0 bridgehead atoms. The molecule has 0 amide bonds. The van der Waals surface area contributed by atoms with Crippen LogP contribution in [0.2, 0.25) is 0 Å². The van der Waals surface area contributed by atoms with Crippen molar-refractivity contribution in [2.24, 2.45) is 0 Å². The Morgan fingerprint density at radius 1 is 0.964 bits per heavy atom. The molecule has 28 heavy (non-hydrogen) atoms. The van der Waals surface area contributed by atoms with E-state index in [9.17, 15) is 0 Å². The van der Waals surface area contributed by atoms with Crippen molar-refractivity contribution in [3.05, 3.63) is 66.0 Å². The summed E-state index contributed by atoms with van der Waals surface area (Å²) in [6.45, 7) is 0.269. The molecule has 3 aromatic heterocycles. The van der Waals surface area contributed by atoms with Crippen LogP contribution in [0.25, 0.3) is 22.8 Å². The number of fused-ring (bicyclic) bond motifs is 2. The van der Waals surface area contributed by atoms with Crippen molar-refractivity contribution < 1.29 is 13.9 Å². The average Bonchev–Trinajstić information content (AvgIpc) is 3.34. The number of hydrogen-bond donors (Lipinski definition) is 0. The number of aromatic nitrogens is 3. The van der Waals surface area contributed by atoms with Crippen LogP contribution in [0.15, 0.2) is 59.1 Å². The number of oxazole rings is 1. The van der Waals surface area contributed by atoms with Gasteiger partial charge < -0.3 is 13.9 Å². The molecular formula is C21H15N3O3S. The second-order valence-electron chi connectivity index (χ2n) is 6.44. The lowest BCUT2D eigenvalue weighted by molar-refractivity contribution is 0.174. The van der Waals surface area contributed by atoms with Gasteiger partial charge in [0.1, 0.15) is 5.69 Å². The quantitative estimate of drug-likeness (QED) is 0.475. The first-order chi connectivity index (χ1) is 13.7. The van der Waals surface area contributed by atoms with E-state index in [1.54, 1.807) is 6.20 Å². The largest absolute Gasteiger partial charge is 0.454 e. The molecule has 0 fully saturated rings. The molecule has 4 heterocycles. The third-order valence-electron chi connectivity index (χ3n) is 4.41. The molecule has 0 spiro atoms. The SMILES string of the molecule is S=C(Cc1ccc2c(c1)OCO2)Cc1cccc(-c2nc3ncccc3o2)n1. The molecule has 138 valence electrons. The lowest BCUT2D eigenvalue weighted by atomic mass is 10.1. The molecule has 0 unspecified atom stereocenters. The van der Waals surface area contributed by atoms with Gasteiger partial charge in [0.2, 0.25) is 12.7 Å². The van der Waals surface area contributed by atoms with Crippen LogP contribution in [-0.4, -0.2) is 26.6 Å². The fourth-order valence-electron chi connectivity index (χ4n) is 3.12. The van der Waals surface area contributed by atoms with E-state index in [2.05, 4.69) is 15.0 Å². The van der Waals surface area contributed by atoms with E-state index in [-0.39, 0.29) is 6.79 Å². The van der Waals surface area contributed by atoms with Crippen LogP contribution in [-0.2, 0) is 12.8 Å². The molecule has 0 radical (unpaired) electrons. The van der Waals surface area contributed by atoms with Crippen molar-refractivity contribution in [1.29, 1.82) is 0 Å². The van der Waals surface area contributed by atoms with Gasteiger partial charge in [-0.3, -0.25) is 0 Å². The smallest absolute Gasteiger partial charge is 0.247 e. The molecule has 0 aliphatic carbocycles. The fourth-order valence-corrected chi connectivity index (χ4v) is 3.43. The van der Waals surface area contributed by atoms with Crippen LogP contribution >= 0.6 is 12.2 Å². The molecule has 0 saturated carbocycles. The lowest BCUT2D eigenvalue weighted by Crippen LogP contribution is -2.06. The zero-order valence-electron chi connectivity index (χ0n) is 14.8. The highest BCUT2D eigenvalue weighted by Crippen LogP contribution is 2.32. The van der Waals surface area contributed by atoms with Crippen molar-refractivity contribution in [2.45, 2.75) is 12.8 Å². The Bertz CT molecular complexity index is 1160. The minimum Gasteiger partial charge on any atom is -0.454 e. The molecule has 0 N–H and O–H groups in total. The molecule has 1 aliphatic heterocycles. The molecule has 6 nitrogen and oxygen atoms in total. The number of benzene rings is 1. The van der Waals surface area contributed by atoms with Gasteiger partial charge in [-0.25, -0.2) is 9.97 Å². The minimum atomic E-state index is 0.269. The van der Waals surface area contributed by atoms with Crippen LogP contribution in [0.5, 0.6) is 11.5 Å². The Balaban J connectivity index is 1.32. The molecule has 7 heteroatoms. The Hall–Kier alpha value is -3.32. The summed E-state index contributed by atoms with van der Waals surface area (Å²) in [5.74, 6) is 2.00. The van der Waals surface area contributed by atoms with E-state index >= 15 is 0 Å². The second kappa shape index (κ2) is 7.01. The lowest BCUT2D eigenvalue weighted by Gasteiger charge is -2.06. The normalized spacial score (nSPS) is 12.4. The standard InChI is InChI=1S/C21H15N3O3S/c28-15(9-13-6-7-17-19(10-13)26-12-25-17)11-14-3-1-4-16(23-14)21-24-20-18(27-21)5-2-8-22-20/h1-8,10H,9,11-12H2. The number of pyridine rings is 2. The van der Waals surface area contributed by atoms with E-state index in [1.807, 2.05) is 48.5 Å². The molecule has 1 aliphatic rings. The van der Waals surface area contributed by atoms with Crippen LogP contribution in [0, 0.1) is 0 Å². The number of nitrogens with zero attached hydrogens (tertiary/aromatic N) is 3. The highest BCUT2D eigenvalue weighted by atomic mass is 32.1. The summed E-state index contributed by atoms with van der Waals surface area (Å²) < 4.78 is 16.5. The van der Waals surface area contributed by atoms with E-state index in [4.69, 9.17) is 26.1 Å². The molecular weight excluding hydrogens is 374 g/mol. The minimum absolute atomic E-state index is 0.269. The van der Waals surface area contributed by atoms with E-state index in [1.165, 1.54) is 0 Å². The monoisotopic (exact) mass is 389 g/mol. The van der Waals surface area contributed by atoms with Crippen molar-refractivity contribution >= 4 is 28.3 Å². The van der Waals surface area contributed by atoms with Crippen LogP contribution in [0.3, 0.4) is 0 Å². The fraction of sp³-hybridized carbons (Fsp3) is 0.143. The highest BCUT2D eigenvalue weighted by Gasteiger charge is 2.15. The third kappa shape index (κ3) is 3.32. The maximum Gasteiger partial charge on any atom is 0.247 e. The number of ether oxygens (including phenoxy) is 2. The molecule has 4 aromatic rings. The zero-order chi connectivity index (χ0) is 18.9. The number of rotatable bonds is 5.